The summed E-state index contributed by atoms with van der Waals surface area (Å²) in [7, 11) is -0.986. The predicted molar refractivity (Wildman–Crippen MR) is 122 cm³/mol. The van der Waals surface area contributed by atoms with Gasteiger partial charge >= 0.3 is 13.1 Å². The van der Waals surface area contributed by atoms with E-state index in [1.54, 1.807) is 18.2 Å². The topological polar surface area (TPSA) is 120 Å². The first kappa shape index (κ1) is 23.2. The van der Waals surface area contributed by atoms with Crippen molar-refractivity contribution in [3.63, 3.8) is 0 Å². The number of benzene rings is 2. The SMILES string of the molecule is Cc1ccc(C)c(C(=O)NCC(=O)N[C@@H](CC(C)C)B2OC(=O)c3cc(N)ccc3O2)c1. The summed E-state index contributed by atoms with van der Waals surface area (Å²) in [6, 6.07) is 10.3. The molecule has 32 heavy (non-hydrogen) atoms. The Balaban J connectivity index is 1.66. The fraction of sp³-hybridized carbons (Fsp3) is 0.348. The lowest BCUT2D eigenvalue weighted by Crippen LogP contribution is -2.55. The van der Waals surface area contributed by atoms with Gasteiger partial charge < -0.3 is 25.7 Å². The van der Waals surface area contributed by atoms with Gasteiger partial charge in [0.25, 0.3) is 5.91 Å². The number of carbonyl (C=O) groups excluding carboxylic acids is 3. The minimum absolute atomic E-state index is 0.194. The molecule has 0 saturated carbocycles. The van der Waals surface area contributed by atoms with Crippen molar-refractivity contribution in [1.82, 2.24) is 10.6 Å². The zero-order valence-electron chi connectivity index (χ0n) is 18.7. The molecule has 0 aliphatic carbocycles. The monoisotopic (exact) mass is 437 g/mol. The van der Waals surface area contributed by atoms with Crippen LogP contribution in [-0.2, 0) is 9.45 Å². The first-order valence-corrected chi connectivity index (χ1v) is 10.6. The number of nitrogen functional groups attached to an aromatic ring is 1. The molecule has 4 N–H and O–H groups in total. The summed E-state index contributed by atoms with van der Waals surface area (Å²) in [5, 5.41) is 5.48. The fourth-order valence-corrected chi connectivity index (χ4v) is 3.53. The van der Waals surface area contributed by atoms with Crippen LogP contribution in [0.15, 0.2) is 36.4 Å². The summed E-state index contributed by atoms with van der Waals surface area (Å²) < 4.78 is 11.3. The van der Waals surface area contributed by atoms with Gasteiger partial charge in [0.1, 0.15) is 11.3 Å². The van der Waals surface area contributed by atoms with E-state index in [4.69, 9.17) is 15.0 Å². The normalized spacial score (nSPS) is 13.7. The molecule has 0 aromatic heterocycles. The summed E-state index contributed by atoms with van der Waals surface area (Å²) in [6.07, 6.45) is 0.513. The summed E-state index contributed by atoms with van der Waals surface area (Å²) in [6.45, 7) is 7.50. The van der Waals surface area contributed by atoms with Crippen LogP contribution in [0.5, 0.6) is 5.75 Å². The van der Waals surface area contributed by atoms with Gasteiger partial charge in [-0.2, -0.15) is 0 Å². The van der Waals surface area contributed by atoms with E-state index in [9.17, 15) is 14.4 Å². The van der Waals surface area contributed by atoms with Crippen LogP contribution in [0.4, 0.5) is 5.69 Å². The second-order valence-electron chi connectivity index (χ2n) is 8.45. The van der Waals surface area contributed by atoms with E-state index in [1.165, 1.54) is 6.07 Å². The minimum Gasteiger partial charge on any atom is -0.524 e. The van der Waals surface area contributed by atoms with E-state index in [2.05, 4.69) is 10.6 Å². The third-order valence-electron chi connectivity index (χ3n) is 5.14. The zero-order valence-corrected chi connectivity index (χ0v) is 18.7. The van der Waals surface area contributed by atoms with Crippen molar-refractivity contribution < 1.29 is 23.7 Å². The number of fused-ring (bicyclic) bond motifs is 1. The van der Waals surface area contributed by atoms with Gasteiger partial charge in [-0.3, -0.25) is 9.59 Å². The molecule has 8 nitrogen and oxygen atoms in total. The maximum Gasteiger partial charge on any atom is 0.620 e. The van der Waals surface area contributed by atoms with E-state index in [0.29, 0.717) is 23.4 Å². The molecule has 0 saturated heterocycles. The standard InChI is InChI=1S/C23H28BN3O5/c1-13(2)9-20(24-31-19-8-7-16(25)11-18(19)23(30)32-24)27-21(28)12-26-22(29)17-10-14(3)5-6-15(17)4/h5-8,10-11,13,20H,9,12,25H2,1-4H3,(H,26,29)(H,27,28)/t20-/m0/s1. The van der Waals surface area contributed by atoms with Gasteiger partial charge in [-0.15, -0.1) is 0 Å². The Bertz CT molecular complexity index is 1040. The molecule has 1 aliphatic rings. The number of amides is 2. The van der Waals surface area contributed by atoms with Gasteiger partial charge in [-0.1, -0.05) is 31.5 Å². The minimum atomic E-state index is -0.986. The molecule has 168 valence electrons. The molecule has 0 spiro atoms. The lowest BCUT2D eigenvalue weighted by molar-refractivity contribution is -0.120. The Morgan fingerprint density at radius 2 is 1.84 bits per heavy atom. The van der Waals surface area contributed by atoms with Gasteiger partial charge in [0.2, 0.25) is 5.91 Å². The van der Waals surface area contributed by atoms with E-state index in [-0.39, 0.29) is 23.9 Å². The molecule has 0 radical (unpaired) electrons. The molecular weight excluding hydrogens is 409 g/mol. The molecule has 0 fully saturated rings. The van der Waals surface area contributed by atoms with Crippen molar-refractivity contribution in [2.75, 3.05) is 12.3 Å². The van der Waals surface area contributed by atoms with E-state index < -0.39 is 24.9 Å². The highest BCUT2D eigenvalue weighted by atomic mass is 16.6. The molecule has 3 rings (SSSR count). The van der Waals surface area contributed by atoms with Crippen LogP contribution >= 0.6 is 0 Å². The molecule has 2 aromatic carbocycles. The molecule has 2 amide bonds. The number of nitrogens with two attached hydrogens (primary N) is 1. The van der Waals surface area contributed by atoms with E-state index >= 15 is 0 Å². The van der Waals surface area contributed by atoms with E-state index in [1.807, 2.05) is 39.8 Å². The lowest BCUT2D eigenvalue weighted by atomic mass is 9.72. The first-order chi connectivity index (χ1) is 15.1. The van der Waals surface area contributed by atoms with Crippen LogP contribution < -0.4 is 21.0 Å². The number of aryl methyl sites for hydroxylation is 2. The van der Waals surface area contributed by atoms with Crippen molar-refractivity contribution in [3.8, 4) is 5.75 Å². The maximum absolute atomic E-state index is 12.6. The molecule has 1 heterocycles. The first-order valence-electron chi connectivity index (χ1n) is 10.6. The Kier molecular flexibility index (Phi) is 7.07. The average molecular weight is 437 g/mol. The van der Waals surface area contributed by atoms with Crippen LogP contribution in [0, 0.1) is 19.8 Å². The predicted octanol–water partition coefficient (Wildman–Crippen LogP) is 2.42. The van der Waals surface area contributed by atoms with Gasteiger partial charge in [-0.05, 0) is 56.0 Å². The Morgan fingerprint density at radius 1 is 1.09 bits per heavy atom. The quantitative estimate of drug-likeness (QED) is 0.452. The molecule has 1 aliphatic heterocycles. The van der Waals surface area contributed by atoms with Crippen molar-refractivity contribution in [1.29, 1.82) is 0 Å². The Labute approximate surface area is 188 Å². The highest BCUT2D eigenvalue weighted by Crippen LogP contribution is 2.28. The van der Waals surface area contributed by atoms with Crippen LogP contribution in [0.3, 0.4) is 0 Å². The number of hydrogen-bond donors (Lipinski definition) is 3. The van der Waals surface area contributed by atoms with Crippen LogP contribution in [-0.4, -0.2) is 37.4 Å². The average Bonchev–Trinajstić information content (AvgIpc) is 2.73. The number of carbonyl (C=O) groups is 3. The number of anilines is 1. The molecule has 0 bridgehead atoms. The molecule has 2 aromatic rings. The number of rotatable bonds is 7. The number of hydrogen-bond acceptors (Lipinski definition) is 6. The molecular formula is C23H28BN3O5. The number of nitrogens with one attached hydrogen (secondary N) is 2. The van der Waals surface area contributed by atoms with Gasteiger partial charge in [0, 0.05) is 11.3 Å². The summed E-state index contributed by atoms with van der Waals surface area (Å²) in [5.74, 6) is -1.33. The van der Waals surface area contributed by atoms with Gasteiger partial charge in [0.15, 0.2) is 0 Å². The molecule has 1 atom stereocenters. The smallest absolute Gasteiger partial charge is 0.524 e. The van der Waals surface area contributed by atoms with Crippen LogP contribution in [0.1, 0.15) is 52.1 Å². The zero-order chi connectivity index (χ0) is 23.4. The summed E-state index contributed by atoms with van der Waals surface area (Å²) in [5.41, 5.74) is 8.72. The lowest BCUT2D eigenvalue weighted by Gasteiger charge is -2.29. The third kappa shape index (κ3) is 5.60. The maximum atomic E-state index is 12.6. The van der Waals surface area contributed by atoms with Crippen molar-refractivity contribution in [2.24, 2.45) is 5.92 Å². The van der Waals surface area contributed by atoms with E-state index in [0.717, 1.165) is 11.1 Å². The second-order valence-corrected chi connectivity index (χ2v) is 8.45. The Morgan fingerprint density at radius 3 is 2.56 bits per heavy atom. The Hall–Kier alpha value is -3.49. The third-order valence-corrected chi connectivity index (χ3v) is 5.14. The van der Waals surface area contributed by atoms with Crippen molar-refractivity contribution in [3.05, 3.63) is 58.7 Å². The fourth-order valence-electron chi connectivity index (χ4n) is 3.53. The van der Waals surface area contributed by atoms with Crippen molar-refractivity contribution in [2.45, 2.75) is 40.1 Å². The highest BCUT2D eigenvalue weighted by molar-refractivity contribution is 6.51. The van der Waals surface area contributed by atoms with Crippen molar-refractivity contribution >= 4 is 30.6 Å². The van der Waals surface area contributed by atoms with Crippen LogP contribution in [0.2, 0.25) is 0 Å². The van der Waals surface area contributed by atoms with Gasteiger partial charge in [-0.25, -0.2) is 4.79 Å². The largest absolute Gasteiger partial charge is 0.620 e. The second kappa shape index (κ2) is 9.76. The highest BCUT2D eigenvalue weighted by Gasteiger charge is 2.42. The summed E-state index contributed by atoms with van der Waals surface area (Å²) in [4.78, 5) is 37.5. The van der Waals surface area contributed by atoms with Gasteiger partial charge in [0.05, 0.1) is 12.5 Å². The van der Waals surface area contributed by atoms with Crippen LogP contribution in [0.25, 0.3) is 0 Å². The summed E-state index contributed by atoms with van der Waals surface area (Å²) >= 11 is 0. The molecule has 9 heteroatoms. The molecule has 0 unspecified atom stereocenters.